The van der Waals surface area contributed by atoms with Crippen LogP contribution < -0.4 is 14.8 Å². The summed E-state index contributed by atoms with van der Waals surface area (Å²) >= 11 is 1.31. The number of benzene rings is 3. The van der Waals surface area contributed by atoms with Crippen LogP contribution in [0.25, 0.3) is 22.4 Å². The van der Waals surface area contributed by atoms with Gasteiger partial charge in [0.2, 0.25) is 5.91 Å². The molecule has 7 heteroatoms. The molecule has 0 spiro atoms. The lowest BCUT2D eigenvalue weighted by atomic mass is 9.98. The molecule has 6 nitrogen and oxygen atoms in total. The summed E-state index contributed by atoms with van der Waals surface area (Å²) in [5.41, 5.74) is 4.39. The number of hydrogen-bond acceptors (Lipinski definition) is 6. The zero-order valence-corrected chi connectivity index (χ0v) is 23.3. The average molecular weight is 538 g/mol. The molecular weight excluding hydrogens is 506 g/mol. The van der Waals surface area contributed by atoms with E-state index in [2.05, 4.69) is 11.4 Å². The normalized spacial score (nSPS) is 12.2. The first-order valence-corrected chi connectivity index (χ1v) is 13.6. The summed E-state index contributed by atoms with van der Waals surface area (Å²) in [4.78, 5) is 18.3. The molecule has 0 saturated heterocycles. The molecule has 3 aromatic carbocycles. The number of carbonyl (C=O) groups excluding carboxylic acids is 1. The number of hydrogen-bond donors (Lipinski definition) is 1. The zero-order valence-electron chi connectivity index (χ0n) is 22.5. The first-order chi connectivity index (χ1) is 19.0. The molecule has 4 aromatic rings. The number of para-hydroxylation sites is 1. The van der Waals surface area contributed by atoms with Crippen LogP contribution in [-0.4, -0.2) is 30.4 Å². The Morgan fingerprint density at radius 3 is 2.28 bits per heavy atom. The SMILES string of the molecule is CCC(Sc1nc(-c2ccccc2)cc(-c2cccc(OC)c2OC)c1C#N)C(=O)NC(C)c1ccccc1. The minimum absolute atomic E-state index is 0.102. The Balaban J connectivity index is 1.79. The standard InChI is InChI=1S/C32H31N3O3S/c1-5-29(31(36)34-21(2)22-13-8-6-9-14-22)39-32-26(20-33)25(19-27(35-32)23-15-10-7-11-16-23)24-17-12-18-28(37-3)30(24)38-4/h6-19,21,29H,5H2,1-4H3,(H,34,36). The minimum Gasteiger partial charge on any atom is -0.493 e. The molecule has 0 radical (unpaired) electrons. The predicted octanol–water partition coefficient (Wildman–Crippen LogP) is 7.05. The number of methoxy groups -OCH3 is 2. The van der Waals surface area contributed by atoms with E-state index in [1.165, 1.54) is 11.8 Å². The topological polar surface area (TPSA) is 84.2 Å². The summed E-state index contributed by atoms with van der Waals surface area (Å²) in [5, 5.41) is 13.5. The maximum absolute atomic E-state index is 13.4. The Kier molecular flexibility index (Phi) is 9.24. The number of pyridine rings is 1. The van der Waals surface area contributed by atoms with Gasteiger partial charge in [-0.25, -0.2) is 4.98 Å². The molecule has 1 aromatic heterocycles. The molecule has 1 amide bonds. The number of aromatic nitrogens is 1. The van der Waals surface area contributed by atoms with E-state index in [9.17, 15) is 10.1 Å². The third-order valence-electron chi connectivity index (χ3n) is 6.44. The molecule has 0 aliphatic carbocycles. The largest absolute Gasteiger partial charge is 0.493 e. The van der Waals surface area contributed by atoms with Gasteiger partial charge in [-0.3, -0.25) is 4.79 Å². The van der Waals surface area contributed by atoms with Crippen molar-refractivity contribution in [2.45, 2.75) is 36.6 Å². The van der Waals surface area contributed by atoms with E-state index in [-0.39, 0.29) is 11.9 Å². The molecule has 0 aliphatic heterocycles. The molecule has 0 fully saturated rings. The summed E-state index contributed by atoms with van der Waals surface area (Å²) in [6, 6.07) is 29.3. The van der Waals surface area contributed by atoms with Crippen molar-refractivity contribution in [1.82, 2.24) is 10.3 Å². The molecule has 39 heavy (non-hydrogen) atoms. The van der Waals surface area contributed by atoms with Gasteiger partial charge in [-0.2, -0.15) is 5.26 Å². The number of ether oxygens (including phenoxy) is 2. The summed E-state index contributed by atoms with van der Waals surface area (Å²) in [6.07, 6.45) is 0.567. The molecular formula is C32H31N3O3S. The number of nitrogens with zero attached hydrogens (tertiary/aromatic N) is 2. The second kappa shape index (κ2) is 13.0. The van der Waals surface area contributed by atoms with E-state index in [4.69, 9.17) is 14.5 Å². The monoisotopic (exact) mass is 537 g/mol. The Hall–Kier alpha value is -4.28. The zero-order chi connectivity index (χ0) is 27.8. The van der Waals surface area contributed by atoms with E-state index in [0.717, 1.165) is 11.1 Å². The molecule has 4 rings (SSSR count). The average Bonchev–Trinajstić information content (AvgIpc) is 2.99. The van der Waals surface area contributed by atoms with Gasteiger partial charge >= 0.3 is 0 Å². The molecule has 198 valence electrons. The summed E-state index contributed by atoms with van der Waals surface area (Å²) in [7, 11) is 3.16. The summed E-state index contributed by atoms with van der Waals surface area (Å²) in [5.74, 6) is 0.987. The highest BCUT2D eigenvalue weighted by Crippen LogP contribution is 2.43. The van der Waals surface area contributed by atoms with E-state index in [1.54, 1.807) is 14.2 Å². The number of thioether (sulfide) groups is 1. The Labute approximate surface area is 234 Å². The first kappa shape index (κ1) is 27.7. The van der Waals surface area contributed by atoms with Crippen molar-refractivity contribution < 1.29 is 14.3 Å². The number of nitriles is 1. The van der Waals surface area contributed by atoms with Crippen molar-refractivity contribution in [3.05, 3.63) is 96.1 Å². The molecule has 2 unspecified atom stereocenters. The van der Waals surface area contributed by atoms with Gasteiger partial charge in [-0.15, -0.1) is 0 Å². The summed E-state index contributed by atoms with van der Waals surface area (Å²) < 4.78 is 11.2. The second-order valence-electron chi connectivity index (χ2n) is 8.91. The van der Waals surface area contributed by atoms with Crippen LogP contribution in [0.5, 0.6) is 11.5 Å². The van der Waals surface area contributed by atoms with Gasteiger partial charge in [0.1, 0.15) is 11.1 Å². The molecule has 0 saturated carbocycles. The van der Waals surface area contributed by atoms with Crippen molar-refractivity contribution in [2.24, 2.45) is 0 Å². The quantitative estimate of drug-likeness (QED) is 0.218. The van der Waals surface area contributed by atoms with Gasteiger partial charge in [0, 0.05) is 16.7 Å². The number of amides is 1. The highest BCUT2D eigenvalue weighted by molar-refractivity contribution is 8.00. The van der Waals surface area contributed by atoms with Gasteiger partial charge < -0.3 is 14.8 Å². The fourth-order valence-electron chi connectivity index (χ4n) is 4.37. The third-order valence-corrected chi connectivity index (χ3v) is 7.79. The van der Waals surface area contributed by atoms with E-state index in [0.29, 0.717) is 45.3 Å². The second-order valence-corrected chi connectivity index (χ2v) is 10.1. The lowest BCUT2D eigenvalue weighted by Gasteiger charge is -2.21. The Morgan fingerprint density at radius 2 is 1.67 bits per heavy atom. The van der Waals surface area contributed by atoms with Crippen molar-refractivity contribution in [3.8, 4) is 40.0 Å². The number of rotatable bonds is 10. The van der Waals surface area contributed by atoms with Gasteiger partial charge in [0.05, 0.1) is 36.8 Å². The van der Waals surface area contributed by atoms with Crippen LogP contribution in [0.2, 0.25) is 0 Å². The highest BCUT2D eigenvalue weighted by atomic mass is 32.2. The predicted molar refractivity (Wildman–Crippen MR) is 156 cm³/mol. The number of nitrogens with one attached hydrogen (secondary N) is 1. The maximum Gasteiger partial charge on any atom is 0.234 e. The van der Waals surface area contributed by atoms with Gasteiger partial charge in [0.15, 0.2) is 11.5 Å². The van der Waals surface area contributed by atoms with Gasteiger partial charge in [-0.1, -0.05) is 91.5 Å². The fourth-order valence-corrected chi connectivity index (χ4v) is 5.41. The van der Waals surface area contributed by atoms with Gasteiger partial charge in [0.25, 0.3) is 0 Å². The van der Waals surface area contributed by atoms with E-state index < -0.39 is 5.25 Å². The molecule has 0 aliphatic rings. The lowest BCUT2D eigenvalue weighted by molar-refractivity contribution is -0.121. The van der Waals surface area contributed by atoms with Crippen LogP contribution >= 0.6 is 11.8 Å². The Bertz CT molecular complexity index is 1470. The molecule has 2 atom stereocenters. The summed E-state index contributed by atoms with van der Waals surface area (Å²) in [6.45, 7) is 3.93. The lowest BCUT2D eigenvalue weighted by Crippen LogP contribution is -2.34. The molecule has 1 heterocycles. The van der Waals surface area contributed by atoms with E-state index in [1.807, 2.05) is 98.8 Å². The third kappa shape index (κ3) is 6.24. The Morgan fingerprint density at radius 1 is 0.974 bits per heavy atom. The van der Waals surface area contributed by atoms with Gasteiger partial charge in [-0.05, 0) is 31.0 Å². The van der Waals surface area contributed by atoms with Crippen LogP contribution in [0.3, 0.4) is 0 Å². The van der Waals surface area contributed by atoms with E-state index >= 15 is 0 Å². The van der Waals surface area contributed by atoms with Crippen LogP contribution in [0.1, 0.15) is 37.4 Å². The smallest absolute Gasteiger partial charge is 0.234 e. The van der Waals surface area contributed by atoms with Crippen LogP contribution in [0.4, 0.5) is 0 Å². The number of carbonyl (C=O) groups is 1. The van der Waals surface area contributed by atoms with Crippen molar-refractivity contribution in [3.63, 3.8) is 0 Å². The highest BCUT2D eigenvalue weighted by Gasteiger charge is 2.26. The van der Waals surface area contributed by atoms with Crippen molar-refractivity contribution in [1.29, 1.82) is 5.26 Å². The van der Waals surface area contributed by atoms with Crippen LogP contribution in [-0.2, 0) is 4.79 Å². The fraction of sp³-hybridized carbons (Fsp3) is 0.219. The maximum atomic E-state index is 13.4. The van der Waals surface area contributed by atoms with Crippen LogP contribution in [0.15, 0.2) is 90.0 Å². The van der Waals surface area contributed by atoms with Crippen molar-refractivity contribution >= 4 is 17.7 Å². The van der Waals surface area contributed by atoms with Crippen molar-refractivity contribution in [2.75, 3.05) is 14.2 Å². The minimum atomic E-state index is -0.443. The van der Waals surface area contributed by atoms with Crippen LogP contribution in [0, 0.1) is 11.3 Å². The first-order valence-electron chi connectivity index (χ1n) is 12.7. The molecule has 0 bridgehead atoms. The molecule has 1 N–H and O–H groups in total.